The molecule has 2 amide bonds. The predicted molar refractivity (Wildman–Crippen MR) is 88.5 cm³/mol. The summed E-state index contributed by atoms with van der Waals surface area (Å²) in [5.74, 6) is 0.987. The molecule has 2 atom stereocenters. The number of hydrogen-bond donors (Lipinski definition) is 1. The summed E-state index contributed by atoms with van der Waals surface area (Å²) in [6.07, 6.45) is 0.936. The van der Waals surface area contributed by atoms with Crippen LogP contribution in [0.5, 0.6) is 0 Å². The fourth-order valence-corrected chi connectivity index (χ4v) is 3.64. The number of likely N-dealkylation sites (tertiary alicyclic amines) is 1. The number of likely N-dealkylation sites (N-methyl/N-ethyl adjacent to an activating group) is 1. The quantitative estimate of drug-likeness (QED) is 0.919. The number of rotatable bonds is 3. The molecule has 24 heavy (non-hydrogen) atoms. The van der Waals surface area contributed by atoms with E-state index >= 15 is 0 Å². The molecule has 126 valence electrons. The SMILES string of the molecule is CN1C(=O)N[C@@H]2CN(Cc3nnc(-c4ccccc4Cl)o3)CC[C@@H]21. The molecule has 1 N–H and O–H groups in total. The van der Waals surface area contributed by atoms with Crippen LogP contribution in [0.1, 0.15) is 12.3 Å². The number of nitrogens with zero attached hydrogens (tertiary/aromatic N) is 4. The normalized spacial score (nSPS) is 24.1. The lowest BCUT2D eigenvalue weighted by Gasteiger charge is -2.34. The number of amides is 2. The molecule has 0 unspecified atom stereocenters. The van der Waals surface area contributed by atoms with E-state index in [0.29, 0.717) is 23.3 Å². The fraction of sp³-hybridized carbons (Fsp3) is 0.438. The Bertz CT molecular complexity index is 764. The molecule has 8 heteroatoms. The van der Waals surface area contributed by atoms with Crippen molar-refractivity contribution in [3.63, 3.8) is 0 Å². The zero-order chi connectivity index (χ0) is 16.7. The Balaban J connectivity index is 1.44. The number of benzene rings is 1. The van der Waals surface area contributed by atoms with Crippen molar-refractivity contribution in [3.8, 4) is 11.5 Å². The highest BCUT2D eigenvalue weighted by Crippen LogP contribution is 2.27. The maximum Gasteiger partial charge on any atom is 0.317 e. The third-order valence-electron chi connectivity index (χ3n) is 4.72. The molecule has 2 fully saturated rings. The standard InChI is InChI=1S/C16H18ClN5O2/c1-21-13-6-7-22(8-12(13)18-16(21)23)9-14-19-20-15(24-14)10-4-2-3-5-11(10)17/h2-5,12-13H,6-9H2,1H3,(H,18,23)/t12-,13+/m1/s1. The van der Waals surface area contributed by atoms with Crippen molar-refractivity contribution in [2.45, 2.75) is 25.0 Å². The molecule has 0 radical (unpaired) electrons. The van der Waals surface area contributed by atoms with Crippen molar-refractivity contribution in [2.24, 2.45) is 0 Å². The van der Waals surface area contributed by atoms with E-state index in [0.717, 1.165) is 25.1 Å². The number of piperidine rings is 1. The average molecular weight is 348 g/mol. The van der Waals surface area contributed by atoms with Crippen molar-refractivity contribution in [1.82, 2.24) is 25.3 Å². The zero-order valence-electron chi connectivity index (χ0n) is 13.3. The second-order valence-corrected chi connectivity index (χ2v) is 6.65. The minimum atomic E-state index is 0.00523. The van der Waals surface area contributed by atoms with Crippen LogP contribution in [0.2, 0.25) is 5.02 Å². The summed E-state index contributed by atoms with van der Waals surface area (Å²) in [6.45, 7) is 2.25. The maximum atomic E-state index is 11.7. The van der Waals surface area contributed by atoms with Crippen LogP contribution in [0.3, 0.4) is 0 Å². The summed E-state index contributed by atoms with van der Waals surface area (Å²) in [6, 6.07) is 7.83. The summed E-state index contributed by atoms with van der Waals surface area (Å²) in [7, 11) is 1.85. The largest absolute Gasteiger partial charge is 0.419 e. The zero-order valence-corrected chi connectivity index (χ0v) is 14.0. The summed E-state index contributed by atoms with van der Waals surface area (Å²) in [4.78, 5) is 15.8. The first-order chi connectivity index (χ1) is 11.6. The van der Waals surface area contributed by atoms with Gasteiger partial charge in [0.05, 0.1) is 29.2 Å². The van der Waals surface area contributed by atoms with Crippen LogP contribution < -0.4 is 5.32 Å². The lowest BCUT2D eigenvalue weighted by molar-refractivity contribution is 0.138. The number of hydrogen-bond acceptors (Lipinski definition) is 5. The molecule has 4 rings (SSSR count). The van der Waals surface area contributed by atoms with Gasteiger partial charge in [-0.2, -0.15) is 0 Å². The van der Waals surface area contributed by atoms with E-state index in [2.05, 4.69) is 20.4 Å². The molecule has 0 saturated carbocycles. The molecule has 0 bridgehead atoms. The molecule has 7 nitrogen and oxygen atoms in total. The Morgan fingerprint density at radius 1 is 1.38 bits per heavy atom. The van der Waals surface area contributed by atoms with Gasteiger partial charge in [0.1, 0.15) is 0 Å². The first-order valence-electron chi connectivity index (χ1n) is 7.95. The van der Waals surface area contributed by atoms with Crippen LogP contribution in [0.25, 0.3) is 11.5 Å². The van der Waals surface area contributed by atoms with E-state index in [4.69, 9.17) is 16.0 Å². The van der Waals surface area contributed by atoms with E-state index in [1.165, 1.54) is 0 Å². The summed E-state index contributed by atoms with van der Waals surface area (Å²) < 4.78 is 5.76. The molecular formula is C16H18ClN5O2. The van der Waals surface area contributed by atoms with E-state index in [9.17, 15) is 4.79 Å². The molecular weight excluding hydrogens is 330 g/mol. The summed E-state index contributed by atoms with van der Waals surface area (Å²) in [5, 5.41) is 11.8. The molecule has 2 saturated heterocycles. The van der Waals surface area contributed by atoms with Gasteiger partial charge in [0, 0.05) is 20.1 Å². The number of halogens is 1. The van der Waals surface area contributed by atoms with Gasteiger partial charge in [-0.3, -0.25) is 4.90 Å². The van der Waals surface area contributed by atoms with Gasteiger partial charge in [-0.15, -0.1) is 10.2 Å². The smallest absolute Gasteiger partial charge is 0.317 e. The molecule has 1 aromatic heterocycles. The molecule has 1 aromatic carbocycles. The van der Waals surface area contributed by atoms with Crippen molar-refractivity contribution in [2.75, 3.05) is 20.1 Å². The number of urea groups is 1. The third-order valence-corrected chi connectivity index (χ3v) is 5.05. The summed E-state index contributed by atoms with van der Waals surface area (Å²) in [5.41, 5.74) is 0.737. The van der Waals surface area contributed by atoms with E-state index in [1.54, 1.807) is 11.0 Å². The molecule has 2 aliphatic heterocycles. The molecule has 3 heterocycles. The first kappa shape index (κ1) is 15.4. The Hall–Kier alpha value is -2.12. The van der Waals surface area contributed by atoms with Crippen LogP contribution in [0.15, 0.2) is 28.7 Å². The van der Waals surface area contributed by atoms with Gasteiger partial charge in [-0.1, -0.05) is 23.7 Å². The number of carbonyl (C=O) groups excluding carboxylic acids is 1. The Labute approximate surface area is 144 Å². The van der Waals surface area contributed by atoms with Crippen molar-refractivity contribution in [1.29, 1.82) is 0 Å². The number of carbonyl (C=O) groups is 1. The number of nitrogens with one attached hydrogen (secondary N) is 1. The molecule has 2 aliphatic rings. The van der Waals surface area contributed by atoms with Crippen molar-refractivity contribution in [3.05, 3.63) is 35.2 Å². The highest BCUT2D eigenvalue weighted by Gasteiger charge is 2.40. The maximum absolute atomic E-state index is 11.7. The second-order valence-electron chi connectivity index (χ2n) is 6.24. The molecule has 2 aromatic rings. The minimum Gasteiger partial charge on any atom is -0.419 e. The van der Waals surface area contributed by atoms with Crippen molar-refractivity contribution >= 4 is 17.6 Å². The molecule has 0 spiro atoms. The van der Waals surface area contributed by atoms with Gasteiger partial charge in [0.25, 0.3) is 0 Å². The Morgan fingerprint density at radius 3 is 3.04 bits per heavy atom. The van der Waals surface area contributed by atoms with Crippen LogP contribution in [-0.4, -0.2) is 58.2 Å². The van der Waals surface area contributed by atoms with E-state index < -0.39 is 0 Å². The number of aromatic nitrogens is 2. The Morgan fingerprint density at radius 2 is 2.21 bits per heavy atom. The topological polar surface area (TPSA) is 74.5 Å². The van der Waals surface area contributed by atoms with Crippen LogP contribution in [0.4, 0.5) is 4.79 Å². The first-order valence-corrected chi connectivity index (χ1v) is 8.32. The van der Waals surface area contributed by atoms with Crippen LogP contribution >= 0.6 is 11.6 Å². The highest BCUT2D eigenvalue weighted by molar-refractivity contribution is 6.33. The Kier molecular flexibility index (Phi) is 3.90. The van der Waals surface area contributed by atoms with E-state index in [1.807, 2.05) is 25.2 Å². The van der Waals surface area contributed by atoms with Gasteiger partial charge < -0.3 is 14.6 Å². The van der Waals surface area contributed by atoms with Gasteiger partial charge in [0.2, 0.25) is 11.8 Å². The lowest BCUT2D eigenvalue weighted by Crippen LogP contribution is -2.50. The third kappa shape index (κ3) is 2.74. The monoisotopic (exact) mass is 347 g/mol. The van der Waals surface area contributed by atoms with Gasteiger partial charge in [-0.05, 0) is 18.6 Å². The summed E-state index contributed by atoms with van der Waals surface area (Å²) >= 11 is 6.17. The van der Waals surface area contributed by atoms with Crippen LogP contribution in [0, 0.1) is 0 Å². The molecule has 0 aliphatic carbocycles. The van der Waals surface area contributed by atoms with E-state index in [-0.39, 0.29) is 18.1 Å². The second kappa shape index (κ2) is 6.07. The fourth-order valence-electron chi connectivity index (χ4n) is 3.42. The minimum absolute atomic E-state index is 0.00523. The van der Waals surface area contributed by atoms with Crippen molar-refractivity contribution < 1.29 is 9.21 Å². The number of fused-ring (bicyclic) bond motifs is 1. The average Bonchev–Trinajstić information content (AvgIpc) is 3.13. The van der Waals surface area contributed by atoms with Gasteiger partial charge in [-0.25, -0.2) is 4.79 Å². The van der Waals surface area contributed by atoms with Gasteiger partial charge in [0.15, 0.2) is 0 Å². The van der Waals surface area contributed by atoms with Gasteiger partial charge >= 0.3 is 6.03 Å². The van der Waals surface area contributed by atoms with Crippen LogP contribution in [-0.2, 0) is 6.54 Å². The lowest BCUT2D eigenvalue weighted by atomic mass is 10.0. The highest BCUT2D eigenvalue weighted by atomic mass is 35.5. The predicted octanol–water partition coefficient (Wildman–Crippen LogP) is 1.99.